The summed E-state index contributed by atoms with van der Waals surface area (Å²) in [5.74, 6) is 0.917. The third-order valence-corrected chi connectivity index (χ3v) is 4.60. The lowest BCUT2D eigenvalue weighted by molar-refractivity contribution is -0.121. The van der Waals surface area contributed by atoms with Gasteiger partial charge in [-0.3, -0.25) is 4.79 Å². The number of piperazine rings is 1. The SMILES string of the molecule is CCCCCCN1C(=O)COc2cc(N3CCNCC3)ccc21. The Labute approximate surface area is 138 Å². The van der Waals surface area contributed by atoms with E-state index in [9.17, 15) is 4.79 Å². The summed E-state index contributed by atoms with van der Waals surface area (Å²) < 4.78 is 5.69. The van der Waals surface area contributed by atoms with Gasteiger partial charge in [0, 0.05) is 44.5 Å². The Morgan fingerprint density at radius 1 is 1.17 bits per heavy atom. The van der Waals surface area contributed by atoms with Crippen LogP contribution in [-0.4, -0.2) is 45.2 Å². The Kier molecular flexibility index (Phi) is 5.39. The van der Waals surface area contributed by atoms with E-state index in [-0.39, 0.29) is 12.5 Å². The summed E-state index contributed by atoms with van der Waals surface area (Å²) in [4.78, 5) is 16.5. The fraction of sp³-hybridized carbons (Fsp3) is 0.611. The van der Waals surface area contributed by atoms with Crippen LogP contribution in [0.3, 0.4) is 0 Å². The topological polar surface area (TPSA) is 44.8 Å². The summed E-state index contributed by atoms with van der Waals surface area (Å²) in [5, 5.41) is 3.37. The Bertz CT molecular complexity index is 541. The van der Waals surface area contributed by atoms with E-state index in [0.717, 1.165) is 50.6 Å². The Morgan fingerprint density at radius 3 is 2.78 bits per heavy atom. The van der Waals surface area contributed by atoms with Gasteiger partial charge < -0.3 is 19.9 Å². The van der Waals surface area contributed by atoms with E-state index in [4.69, 9.17) is 4.74 Å². The highest BCUT2D eigenvalue weighted by Gasteiger charge is 2.26. The van der Waals surface area contributed by atoms with Gasteiger partial charge in [0.05, 0.1) is 5.69 Å². The molecule has 5 heteroatoms. The quantitative estimate of drug-likeness (QED) is 0.818. The lowest BCUT2D eigenvalue weighted by Gasteiger charge is -2.33. The Morgan fingerprint density at radius 2 is 2.00 bits per heavy atom. The first-order valence-electron chi connectivity index (χ1n) is 8.82. The van der Waals surface area contributed by atoms with Crippen molar-refractivity contribution in [3.05, 3.63) is 18.2 Å². The van der Waals surface area contributed by atoms with Crippen LogP contribution in [-0.2, 0) is 4.79 Å². The minimum Gasteiger partial charge on any atom is -0.481 e. The lowest BCUT2D eigenvalue weighted by atomic mass is 10.1. The number of nitrogens with zero attached hydrogens (tertiary/aromatic N) is 2. The summed E-state index contributed by atoms with van der Waals surface area (Å²) in [5.41, 5.74) is 2.11. The highest BCUT2D eigenvalue weighted by Crippen LogP contribution is 2.36. The molecule has 0 aromatic heterocycles. The summed E-state index contributed by atoms with van der Waals surface area (Å²) in [7, 11) is 0. The van der Waals surface area contributed by atoms with Gasteiger partial charge in [-0.2, -0.15) is 0 Å². The largest absolute Gasteiger partial charge is 0.481 e. The summed E-state index contributed by atoms with van der Waals surface area (Å²) in [6, 6.07) is 6.25. The number of carbonyl (C=O) groups excluding carboxylic acids is 1. The average molecular weight is 317 g/mol. The summed E-state index contributed by atoms with van der Waals surface area (Å²) in [6.07, 6.45) is 4.67. The molecule has 0 aliphatic carbocycles. The van der Waals surface area contributed by atoms with E-state index in [1.165, 1.54) is 24.9 Å². The molecular weight excluding hydrogens is 290 g/mol. The molecule has 1 saturated heterocycles. The number of ether oxygens (including phenoxy) is 1. The van der Waals surface area contributed by atoms with Gasteiger partial charge in [0.2, 0.25) is 0 Å². The second-order valence-electron chi connectivity index (χ2n) is 6.28. The second-order valence-corrected chi connectivity index (χ2v) is 6.28. The van der Waals surface area contributed by atoms with E-state index < -0.39 is 0 Å². The molecule has 126 valence electrons. The van der Waals surface area contributed by atoms with Gasteiger partial charge in [0.25, 0.3) is 5.91 Å². The van der Waals surface area contributed by atoms with Crippen LogP contribution in [0.5, 0.6) is 5.75 Å². The van der Waals surface area contributed by atoms with Gasteiger partial charge in [0.1, 0.15) is 5.75 Å². The zero-order chi connectivity index (χ0) is 16.1. The molecule has 2 heterocycles. The van der Waals surface area contributed by atoms with Gasteiger partial charge >= 0.3 is 0 Å². The fourth-order valence-electron chi connectivity index (χ4n) is 3.25. The maximum Gasteiger partial charge on any atom is 0.265 e. The monoisotopic (exact) mass is 317 g/mol. The molecule has 0 spiro atoms. The van der Waals surface area contributed by atoms with Crippen molar-refractivity contribution < 1.29 is 9.53 Å². The van der Waals surface area contributed by atoms with Gasteiger partial charge in [-0.05, 0) is 18.6 Å². The van der Waals surface area contributed by atoms with Crippen molar-refractivity contribution in [2.45, 2.75) is 32.6 Å². The average Bonchev–Trinajstić information content (AvgIpc) is 2.60. The molecule has 1 N–H and O–H groups in total. The normalized spacial score (nSPS) is 17.9. The van der Waals surface area contributed by atoms with Crippen LogP contribution in [0.15, 0.2) is 18.2 Å². The van der Waals surface area contributed by atoms with E-state index in [1.54, 1.807) is 0 Å². The molecule has 23 heavy (non-hydrogen) atoms. The molecule has 1 aromatic carbocycles. The smallest absolute Gasteiger partial charge is 0.265 e. The number of hydrogen-bond donors (Lipinski definition) is 1. The van der Waals surface area contributed by atoms with Crippen LogP contribution >= 0.6 is 0 Å². The zero-order valence-electron chi connectivity index (χ0n) is 14.0. The standard InChI is InChI=1S/C18H27N3O2/c1-2-3-4-5-10-21-16-7-6-15(20-11-8-19-9-12-20)13-17(16)23-14-18(21)22/h6-7,13,19H,2-5,8-12,14H2,1H3. The third-order valence-electron chi connectivity index (χ3n) is 4.60. The molecule has 3 rings (SSSR count). The van der Waals surface area contributed by atoms with Gasteiger partial charge in [-0.1, -0.05) is 26.2 Å². The number of benzene rings is 1. The minimum atomic E-state index is 0.0731. The van der Waals surface area contributed by atoms with E-state index >= 15 is 0 Å². The maximum atomic E-state index is 12.2. The van der Waals surface area contributed by atoms with Crippen molar-refractivity contribution in [2.24, 2.45) is 0 Å². The first kappa shape index (κ1) is 16.1. The van der Waals surface area contributed by atoms with Crippen molar-refractivity contribution in [3.8, 4) is 5.75 Å². The van der Waals surface area contributed by atoms with Crippen LogP contribution in [0.4, 0.5) is 11.4 Å². The number of anilines is 2. The number of unbranched alkanes of at least 4 members (excludes halogenated alkanes) is 3. The Balaban J connectivity index is 1.72. The maximum absolute atomic E-state index is 12.2. The van der Waals surface area contributed by atoms with E-state index in [1.807, 2.05) is 11.0 Å². The molecule has 1 fully saturated rings. The molecule has 5 nitrogen and oxygen atoms in total. The van der Waals surface area contributed by atoms with Crippen molar-refractivity contribution >= 4 is 17.3 Å². The molecule has 0 atom stereocenters. The zero-order valence-corrected chi connectivity index (χ0v) is 14.0. The van der Waals surface area contributed by atoms with Crippen LogP contribution in [0.2, 0.25) is 0 Å². The number of rotatable bonds is 6. The minimum absolute atomic E-state index is 0.0731. The summed E-state index contributed by atoms with van der Waals surface area (Å²) >= 11 is 0. The molecule has 0 saturated carbocycles. The van der Waals surface area contributed by atoms with Gasteiger partial charge in [-0.15, -0.1) is 0 Å². The first-order chi connectivity index (χ1) is 11.3. The second kappa shape index (κ2) is 7.68. The predicted octanol–water partition coefficient (Wildman–Crippen LogP) is 2.40. The number of nitrogens with one attached hydrogen (secondary N) is 1. The molecule has 0 radical (unpaired) electrons. The van der Waals surface area contributed by atoms with Crippen molar-refractivity contribution in [3.63, 3.8) is 0 Å². The molecular formula is C18H27N3O2. The first-order valence-corrected chi connectivity index (χ1v) is 8.82. The number of carbonyl (C=O) groups is 1. The molecule has 1 aromatic rings. The molecule has 1 amide bonds. The van der Waals surface area contributed by atoms with Crippen molar-refractivity contribution in [1.29, 1.82) is 0 Å². The van der Waals surface area contributed by atoms with E-state index in [0.29, 0.717) is 0 Å². The molecule has 0 bridgehead atoms. The molecule has 0 unspecified atom stereocenters. The third kappa shape index (κ3) is 3.78. The number of hydrogen-bond acceptors (Lipinski definition) is 4. The van der Waals surface area contributed by atoms with E-state index in [2.05, 4.69) is 29.3 Å². The van der Waals surface area contributed by atoms with Crippen LogP contribution in [0, 0.1) is 0 Å². The van der Waals surface area contributed by atoms with Gasteiger partial charge in [0.15, 0.2) is 6.61 Å². The van der Waals surface area contributed by atoms with Crippen molar-refractivity contribution in [1.82, 2.24) is 5.32 Å². The predicted molar refractivity (Wildman–Crippen MR) is 93.5 cm³/mol. The highest BCUT2D eigenvalue weighted by atomic mass is 16.5. The molecule has 2 aliphatic heterocycles. The van der Waals surface area contributed by atoms with Crippen molar-refractivity contribution in [2.75, 3.05) is 49.1 Å². The van der Waals surface area contributed by atoms with Crippen LogP contribution < -0.4 is 19.9 Å². The highest BCUT2D eigenvalue weighted by molar-refractivity contribution is 5.98. The lowest BCUT2D eigenvalue weighted by Crippen LogP contribution is -2.43. The molecule has 2 aliphatic rings. The fourth-order valence-corrected chi connectivity index (χ4v) is 3.25. The number of amides is 1. The summed E-state index contributed by atoms with van der Waals surface area (Å²) in [6.45, 7) is 7.21. The Hall–Kier alpha value is -1.75. The van der Waals surface area contributed by atoms with Crippen LogP contribution in [0.25, 0.3) is 0 Å². The number of fused-ring (bicyclic) bond motifs is 1. The van der Waals surface area contributed by atoms with Crippen LogP contribution in [0.1, 0.15) is 32.6 Å². The van der Waals surface area contributed by atoms with Gasteiger partial charge in [-0.25, -0.2) is 0 Å².